The van der Waals surface area contributed by atoms with Crippen molar-refractivity contribution in [2.75, 3.05) is 4.90 Å². The Morgan fingerprint density at radius 3 is 2.53 bits per heavy atom. The second-order valence-electron chi connectivity index (χ2n) is 8.95. The number of carboxylic acid groups (broad SMARTS) is 1. The van der Waals surface area contributed by atoms with E-state index in [1.165, 1.54) is 0 Å². The highest BCUT2D eigenvalue weighted by Gasteiger charge is 2.42. The van der Waals surface area contributed by atoms with Gasteiger partial charge in [0.25, 0.3) is 0 Å². The predicted octanol–water partition coefficient (Wildman–Crippen LogP) is 6.44. The molecule has 182 valence electrons. The lowest BCUT2D eigenvalue weighted by atomic mass is 9.96. The molecule has 0 aliphatic carbocycles. The highest BCUT2D eigenvalue weighted by atomic mass is 79.9. The molecule has 3 heterocycles. The van der Waals surface area contributed by atoms with Crippen LogP contribution in [0.15, 0.2) is 77.4 Å². The average Bonchev–Trinajstić information content (AvgIpc) is 3.36. The molecule has 1 fully saturated rings. The lowest BCUT2D eigenvalue weighted by Crippen LogP contribution is -2.29. The molecule has 8 heteroatoms. The van der Waals surface area contributed by atoms with Crippen LogP contribution in [0.25, 0.3) is 5.69 Å². The highest BCUT2D eigenvalue weighted by molar-refractivity contribution is 9.10. The molecule has 0 unspecified atom stereocenters. The first-order valence-corrected chi connectivity index (χ1v) is 12.8. The Kier molecular flexibility index (Phi) is 6.40. The zero-order valence-corrected chi connectivity index (χ0v) is 22.5. The zero-order chi connectivity index (χ0) is 25.6. The van der Waals surface area contributed by atoms with Crippen LogP contribution in [-0.2, 0) is 0 Å². The minimum Gasteiger partial charge on any atom is -0.478 e. The van der Waals surface area contributed by atoms with Crippen LogP contribution in [0, 0.1) is 20.8 Å². The number of carboxylic acids is 1. The molecule has 0 radical (unpaired) electrons. The summed E-state index contributed by atoms with van der Waals surface area (Å²) in [7, 11) is 0. The summed E-state index contributed by atoms with van der Waals surface area (Å²) in [6.07, 6.45) is 1.80. The van der Waals surface area contributed by atoms with Crippen LogP contribution in [0.5, 0.6) is 0 Å². The van der Waals surface area contributed by atoms with Gasteiger partial charge in [-0.25, -0.2) is 4.79 Å². The summed E-state index contributed by atoms with van der Waals surface area (Å²) in [6, 6.07) is 21.0. The number of aromatic carboxylic acids is 1. The van der Waals surface area contributed by atoms with Crippen LogP contribution in [-0.4, -0.2) is 25.7 Å². The first-order chi connectivity index (χ1) is 17.3. The molecule has 5 rings (SSSR count). The Morgan fingerprint density at radius 1 is 1.03 bits per heavy atom. The minimum absolute atomic E-state index is 0.157. The van der Waals surface area contributed by atoms with Crippen molar-refractivity contribution >= 4 is 44.9 Å². The smallest absolute Gasteiger partial charge is 0.335 e. The quantitative estimate of drug-likeness (QED) is 0.274. The van der Waals surface area contributed by atoms with Crippen molar-refractivity contribution in [3.05, 3.63) is 111 Å². The molecule has 1 aliphatic heterocycles. The molecule has 0 saturated carbocycles. The fraction of sp³-hybridized carbons (Fsp3) is 0.179. The summed E-state index contributed by atoms with van der Waals surface area (Å²) in [5.74, 6) is -0.947. The summed E-state index contributed by atoms with van der Waals surface area (Å²) in [4.78, 5) is 18.4. The van der Waals surface area contributed by atoms with E-state index in [9.17, 15) is 9.90 Å². The molecular formula is C28H25BrN4O2S. The molecule has 2 atom stereocenters. The molecule has 1 saturated heterocycles. The van der Waals surface area contributed by atoms with E-state index >= 15 is 0 Å². The number of halogens is 1. The Balaban J connectivity index is 1.68. The third-order valence-electron chi connectivity index (χ3n) is 6.66. The van der Waals surface area contributed by atoms with Crippen molar-refractivity contribution in [2.24, 2.45) is 0 Å². The molecular weight excluding hydrogens is 536 g/mol. The SMILES string of the molecule is Cc1cc(N2C(=S)N[C@@H](c3ccccn3)[C@@H]2c2cc(C)n(-c3cccc(C(=O)O)c3)c2C)ccc1Br. The Bertz CT molecular complexity index is 1480. The molecule has 2 aromatic heterocycles. The van der Waals surface area contributed by atoms with Gasteiger partial charge in [0.15, 0.2) is 5.11 Å². The number of aromatic nitrogens is 2. The fourth-order valence-electron chi connectivity index (χ4n) is 4.99. The van der Waals surface area contributed by atoms with Gasteiger partial charge in [0.1, 0.15) is 0 Å². The van der Waals surface area contributed by atoms with Crippen molar-refractivity contribution in [2.45, 2.75) is 32.9 Å². The molecule has 0 spiro atoms. The summed E-state index contributed by atoms with van der Waals surface area (Å²) in [5.41, 5.74) is 7.20. The monoisotopic (exact) mass is 560 g/mol. The van der Waals surface area contributed by atoms with Crippen molar-refractivity contribution in [1.29, 1.82) is 0 Å². The van der Waals surface area contributed by atoms with E-state index in [4.69, 9.17) is 12.2 Å². The number of nitrogens with one attached hydrogen (secondary N) is 1. The van der Waals surface area contributed by atoms with Gasteiger partial charge in [0.05, 0.1) is 23.3 Å². The summed E-state index contributed by atoms with van der Waals surface area (Å²) in [6.45, 7) is 6.17. The molecule has 2 N–H and O–H groups in total. The number of pyridine rings is 1. The van der Waals surface area contributed by atoms with Crippen molar-refractivity contribution in [3.63, 3.8) is 0 Å². The van der Waals surface area contributed by atoms with Crippen molar-refractivity contribution in [3.8, 4) is 5.69 Å². The van der Waals surface area contributed by atoms with Crippen LogP contribution < -0.4 is 10.2 Å². The largest absolute Gasteiger partial charge is 0.478 e. The molecule has 2 aromatic carbocycles. The van der Waals surface area contributed by atoms with Gasteiger partial charge >= 0.3 is 5.97 Å². The molecule has 36 heavy (non-hydrogen) atoms. The number of hydrogen-bond donors (Lipinski definition) is 2. The van der Waals surface area contributed by atoms with Gasteiger partial charge in [0.2, 0.25) is 0 Å². The normalized spacial score (nSPS) is 17.3. The number of nitrogens with zero attached hydrogens (tertiary/aromatic N) is 3. The number of benzene rings is 2. The number of hydrogen-bond acceptors (Lipinski definition) is 3. The lowest BCUT2D eigenvalue weighted by molar-refractivity contribution is 0.0697. The summed E-state index contributed by atoms with van der Waals surface area (Å²) in [5, 5.41) is 13.7. The number of carbonyl (C=O) groups is 1. The van der Waals surface area contributed by atoms with Crippen LogP contribution in [0.3, 0.4) is 0 Å². The number of aryl methyl sites for hydroxylation is 2. The number of rotatable bonds is 5. The van der Waals surface area contributed by atoms with E-state index < -0.39 is 5.97 Å². The molecule has 1 aliphatic rings. The fourth-order valence-corrected chi connectivity index (χ4v) is 5.58. The van der Waals surface area contributed by atoms with Crippen LogP contribution in [0.2, 0.25) is 0 Å². The van der Waals surface area contributed by atoms with Gasteiger partial charge in [0, 0.05) is 33.4 Å². The Hall–Kier alpha value is -3.49. The average molecular weight is 562 g/mol. The van der Waals surface area contributed by atoms with Crippen molar-refractivity contribution in [1.82, 2.24) is 14.9 Å². The highest BCUT2D eigenvalue weighted by Crippen LogP contribution is 2.44. The molecule has 0 bridgehead atoms. The maximum absolute atomic E-state index is 11.6. The standard InChI is InChI=1S/C28H25BrN4O2S/c1-16-13-21(10-11-23(16)29)33-26(25(31-28(33)36)24-9-4-5-12-30-24)22-14-17(2)32(18(22)3)20-8-6-7-19(15-20)27(34)35/h4-15,25-26H,1-3H3,(H,31,36)(H,34,35)/t25-,26-/m0/s1. The van der Waals surface area contributed by atoms with E-state index in [0.29, 0.717) is 5.11 Å². The maximum Gasteiger partial charge on any atom is 0.335 e. The molecule has 6 nitrogen and oxygen atoms in total. The Morgan fingerprint density at radius 2 is 1.83 bits per heavy atom. The maximum atomic E-state index is 11.6. The van der Waals surface area contributed by atoms with Gasteiger partial charge < -0.3 is 19.9 Å². The first kappa shape index (κ1) is 24.2. The first-order valence-electron chi connectivity index (χ1n) is 11.6. The topological polar surface area (TPSA) is 70.4 Å². The van der Waals surface area contributed by atoms with Crippen LogP contribution >= 0.6 is 28.1 Å². The zero-order valence-electron chi connectivity index (χ0n) is 20.1. The van der Waals surface area contributed by atoms with Gasteiger partial charge in [-0.15, -0.1) is 0 Å². The predicted molar refractivity (Wildman–Crippen MR) is 149 cm³/mol. The van der Waals surface area contributed by atoms with Gasteiger partial charge in [-0.05, 0) is 98.7 Å². The minimum atomic E-state index is -0.947. The Labute approximate surface area is 223 Å². The number of anilines is 1. The van der Waals surface area contributed by atoms with E-state index in [2.05, 4.69) is 67.7 Å². The van der Waals surface area contributed by atoms with Gasteiger partial charge in [-0.3, -0.25) is 4.98 Å². The third-order valence-corrected chi connectivity index (χ3v) is 7.86. The summed E-state index contributed by atoms with van der Waals surface area (Å²) < 4.78 is 3.14. The van der Waals surface area contributed by atoms with Gasteiger partial charge in [-0.1, -0.05) is 28.1 Å². The molecule has 0 amide bonds. The lowest BCUT2D eigenvalue weighted by Gasteiger charge is -2.28. The van der Waals surface area contributed by atoms with E-state index in [1.807, 2.05) is 37.3 Å². The van der Waals surface area contributed by atoms with E-state index in [0.717, 1.165) is 44.1 Å². The number of thiocarbonyl (C=S) groups is 1. The molecule has 4 aromatic rings. The van der Waals surface area contributed by atoms with Crippen LogP contribution in [0.4, 0.5) is 5.69 Å². The summed E-state index contributed by atoms with van der Waals surface area (Å²) >= 11 is 9.48. The van der Waals surface area contributed by atoms with Crippen LogP contribution in [0.1, 0.15) is 50.7 Å². The third kappa shape index (κ3) is 4.20. The van der Waals surface area contributed by atoms with E-state index in [-0.39, 0.29) is 17.6 Å². The second kappa shape index (κ2) is 9.52. The second-order valence-corrected chi connectivity index (χ2v) is 10.2. The van der Waals surface area contributed by atoms with Gasteiger partial charge in [-0.2, -0.15) is 0 Å². The van der Waals surface area contributed by atoms with Crippen molar-refractivity contribution < 1.29 is 9.90 Å². The van der Waals surface area contributed by atoms with E-state index in [1.54, 1.807) is 24.4 Å².